The first-order valence-corrected chi connectivity index (χ1v) is 8.58. The molecule has 2 nitrogen and oxygen atoms in total. The predicted octanol–water partition coefficient (Wildman–Crippen LogP) is 6.20. The highest BCUT2D eigenvalue weighted by Crippen LogP contribution is 2.31. The summed E-state index contributed by atoms with van der Waals surface area (Å²) in [5, 5.41) is 0.552. The lowest BCUT2D eigenvalue weighted by Crippen LogP contribution is -2.01. The Labute approximate surface area is 154 Å². The SMILES string of the molecule is C=C(CCC(C)=O)c1cc(Cl)ccc1OCc1ccc(Br)cc1F. The number of hydrogen-bond donors (Lipinski definition) is 0. The smallest absolute Gasteiger partial charge is 0.130 e. The van der Waals surface area contributed by atoms with Crippen LogP contribution in [-0.4, -0.2) is 5.78 Å². The van der Waals surface area contributed by atoms with Crippen molar-refractivity contribution in [1.29, 1.82) is 0 Å². The molecule has 0 saturated carbocycles. The Balaban J connectivity index is 2.17. The molecule has 0 aromatic heterocycles. The monoisotopic (exact) mass is 410 g/mol. The Bertz CT molecular complexity index is 774. The van der Waals surface area contributed by atoms with Gasteiger partial charge in [0.1, 0.15) is 24.0 Å². The van der Waals surface area contributed by atoms with Gasteiger partial charge >= 0.3 is 0 Å². The number of allylic oxidation sites excluding steroid dienone is 1. The molecular formula is C19H17BrClFO2. The third-order valence-electron chi connectivity index (χ3n) is 3.50. The van der Waals surface area contributed by atoms with Gasteiger partial charge in [0.25, 0.3) is 0 Å². The molecule has 0 aliphatic rings. The van der Waals surface area contributed by atoms with E-state index < -0.39 is 0 Å². The standard InChI is InChI=1S/C19H17BrClFO2/c1-12(3-4-13(2)23)17-10-16(21)7-8-19(17)24-11-14-5-6-15(20)9-18(14)22/h5-10H,1,3-4,11H2,2H3. The van der Waals surface area contributed by atoms with Crippen LogP contribution in [-0.2, 0) is 11.4 Å². The van der Waals surface area contributed by atoms with E-state index in [2.05, 4.69) is 22.5 Å². The van der Waals surface area contributed by atoms with E-state index in [9.17, 15) is 9.18 Å². The van der Waals surface area contributed by atoms with Crippen molar-refractivity contribution in [2.45, 2.75) is 26.4 Å². The molecule has 0 N–H and O–H groups in total. The minimum Gasteiger partial charge on any atom is -0.488 e. The lowest BCUT2D eigenvalue weighted by atomic mass is 10.0. The van der Waals surface area contributed by atoms with E-state index in [0.717, 1.165) is 11.1 Å². The van der Waals surface area contributed by atoms with E-state index in [1.165, 1.54) is 6.07 Å². The van der Waals surface area contributed by atoms with E-state index in [-0.39, 0.29) is 18.2 Å². The second kappa shape index (κ2) is 8.45. The van der Waals surface area contributed by atoms with Gasteiger partial charge in [-0.15, -0.1) is 0 Å². The summed E-state index contributed by atoms with van der Waals surface area (Å²) in [5.74, 6) is 0.322. The fourth-order valence-electron chi connectivity index (χ4n) is 2.16. The Morgan fingerprint density at radius 2 is 2.00 bits per heavy atom. The highest BCUT2D eigenvalue weighted by Gasteiger charge is 2.11. The van der Waals surface area contributed by atoms with Crippen molar-refractivity contribution in [1.82, 2.24) is 0 Å². The minimum atomic E-state index is -0.338. The molecule has 126 valence electrons. The largest absolute Gasteiger partial charge is 0.488 e. The van der Waals surface area contributed by atoms with Crippen LogP contribution in [0.25, 0.3) is 5.57 Å². The molecule has 0 aliphatic heterocycles. The fourth-order valence-corrected chi connectivity index (χ4v) is 2.67. The van der Waals surface area contributed by atoms with Crippen molar-refractivity contribution in [3.05, 3.63) is 69.4 Å². The van der Waals surface area contributed by atoms with E-state index in [1.807, 2.05) is 0 Å². The molecule has 0 aliphatic carbocycles. The number of carbonyl (C=O) groups excluding carboxylic acids is 1. The van der Waals surface area contributed by atoms with E-state index in [1.54, 1.807) is 37.3 Å². The molecule has 2 aromatic carbocycles. The summed E-state index contributed by atoms with van der Waals surface area (Å²) < 4.78 is 20.3. The van der Waals surface area contributed by atoms with Crippen molar-refractivity contribution >= 4 is 38.9 Å². The number of benzene rings is 2. The summed E-state index contributed by atoms with van der Waals surface area (Å²) >= 11 is 9.28. The van der Waals surface area contributed by atoms with Crippen LogP contribution in [0.1, 0.15) is 30.9 Å². The number of rotatable bonds is 7. The van der Waals surface area contributed by atoms with Gasteiger partial charge in [-0.05, 0) is 49.2 Å². The summed E-state index contributed by atoms with van der Waals surface area (Å²) in [5.41, 5.74) is 1.95. The summed E-state index contributed by atoms with van der Waals surface area (Å²) in [7, 11) is 0. The van der Waals surface area contributed by atoms with Crippen molar-refractivity contribution in [3.8, 4) is 5.75 Å². The third kappa shape index (κ3) is 5.18. The fraction of sp³-hybridized carbons (Fsp3) is 0.211. The Hall–Kier alpha value is -1.65. The molecule has 2 aromatic rings. The zero-order valence-corrected chi connectivity index (χ0v) is 15.6. The molecule has 0 unspecified atom stereocenters. The molecule has 2 rings (SSSR count). The Morgan fingerprint density at radius 1 is 1.25 bits per heavy atom. The summed E-state index contributed by atoms with van der Waals surface area (Å²) in [6.07, 6.45) is 0.935. The first-order chi connectivity index (χ1) is 11.4. The van der Waals surface area contributed by atoms with Gasteiger partial charge in [-0.25, -0.2) is 4.39 Å². The average Bonchev–Trinajstić information content (AvgIpc) is 2.52. The molecule has 0 heterocycles. The number of carbonyl (C=O) groups is 1. The Morgan fingerprint density at radius 3 is 2.67 bits per heavy atom. The molecule has 0 bridgehead atoms. The van der Waals surface area contributed by atoms with Crippen molar-refractivity contribution in [3.63, 3.8) is 0 Å². The van der Waals surface area contributed by atoms with Gasteiger partial charge in [0, 0.05) is 27.0 Å². The number of ether oxygens (including phenoxy) is 1. The maximum Gasteiger partial charge on any atom is 0.130 e. The first-order valence-electron chi connectivity index (χ1n) is 7.40. The minimum absolute atomic E-state index is 0.0910. The molecular weight excluding hydrogens is 395 g/mol. The zero-order chi connectivity index (χ0) is 17.7. The lowest BCUT2D eigenvalue weighted by Gasteiger charge is -2.14. The maximum atomic E-state index is 13.9. The second-order valence-electron chi connectivity index (χ2n) is 5.47. The molecule has 0 atom stereocenters. The molecule has 0 spiro atoms. The highest BCUT2D eigenvalue weighted by molar-refractivity contribution is 9.10. The normalized spacial score (nSPS) is 10.5. The molecule has 0 saturated heterocycles. The molecule has 5 heteroatoms. The van der Waals surface area contributed by atoms with Gasteiger partial charge in [-0.3, -0.25) is 0 Å². The number of hydrogen-bond acceptors (Lipinski definition) is 2. The third-order valence-corrected chi connectivity index (χ3v) is 4.23. The van der Waals surface area contributed by atoms with Crippen LogP contribution in [0.3, 0.4) is 0 Å². The van der Waals surface area contributed by atoms with Gasteiger partial charge in [-0.1, -0.05) is 40.2 Å². The molecule has 0 radical (unpaired) electrons. The van der Waals surface area contributed by atoms with Gasteiger partial charge in [0.2, 0.25) is 0 Å². The Kier molecular flexibility index (Phi) is 6.58. The first kappa shape index (κ1) is 18.7. The van der Waals surface area contributed by atoms with Gasteiger partial charge in [0.05, 0.1) is 0 Å². The summed E-state index contributed by atoms with van der Waals surface area (Å²) in [6.45, 7) is 5.64. The van der Waals surface area contributed by atoms with E-state index >= 15 is 0 Å². The molecule has 24 heavy (non-hydrogen) atoms. The van der Waals surface area contributed by atoms with Crippen LogP contribution >= 0.6 is 27.5 Å². The number of Topliss-reactive ketones (excluding diaryl/α,β-unsaturated/α-hetero) is 1. The average molecular weight is 412 g/mol. The number of ketones is 1. The quantitative estimate of drug-likeness (QED) is 0.542. The van der Waals surface area contributed by atoms with Crippen LogP contribution < -0.4 is 4.74 Å². The van der Waals surface area contributed by atoms with Crippen LogP contribution in [0.5, 0.6) is 5.75 Å². The maximum absolute atomic E-state index is 13.9. The van der Waals surface area contributed by atoms with Crippen molar-refractivity contribution in [2.75, 3.05) is 0 Å². The van der Waals surface area contributed by atoms with Crippen LogP contribution in [0.2, 0.25) is 5.02 Å². The zero-order valence-electron chi connectivity index (χ0n) is 13.2. The van der Waals surface area contributed by atoms with Gasteiger partial charge in [0.15, 0.2) is 0 Å². The van der Waals surface area contributed by atoms with E-state index in [4.69, 9.17) is 16.3 Å². The van der Waals surface area contributed by atoms with E-state index in [0.29, 0.717) is 33.6 Å². The molecule has 0 amide bonds. The van der Waals surface area contributed by atoms with Crippen LogP contribution in [0.4, 0.5) is 4.39 Å². The van der Waals surface area contributed by atoms with Crippen LogP contribution in [0, 0.1) is 5.82 Å². The summed E-state index contributed by atoms with van der Waals surface area (Å²) in [4.78, 5) is 11.2. The summed E-state index contributed by atoms with van der Waals surface area (Å²) in [6, 6.07) is 10.0. The highest BCUT2D eigenvalue weighted by atomic mass is 79.9. The lowest BCUT2D eigenvalue weighted by molar-refractivity contribution is -0.116. The topological polar surface area (TPSA) is 26.3 Å². The predicted molar refractivity (Wildman–Crippen MR) is 98.8 cm³/mol. The van der Waals surface area contributed by atoms with Gasteiger partial charge < -0.3 is 9.53 Å². The number of halogens is 3. The van der Waals surface area contributed by atoms with Crippen molar-refractivity contribution in [2.24, 2.45) is 0 Å². The second-order valence-corrected chi connectivity index (χ2v) is 6.82. The van der Waals surface area contributed by atoms with Crippen molar-refractivity contribution < 1.29 is 13.9 Å². The van der Waals surface area contributed by atoms with Gasteiger partial charge in [-0.2, -0.15) is 0 Å². The van der Waals surface area contributed by atoms with Crippen LogP contribution in [0.15, 0.2) is 47.4 Å². The molecule has 0 fully saturated rings.